The van der Waals surface area contributed by atoms with Gasteiger partial charge in [-0.3, -0.25) is 0 Å². The lowest BCUT2D eigenvalue weighted by atomic mass is 10.0. The molecule has 1 radical (unpaired) electrons. The zero-order valence-electron chi connectivity index (χ0n) is 6.97. The Hall–Kier alpha value is -0.210. The van der Waals surface area contributed by atoms with Crippen LogP contribution in [0.25, 0.3) is 0 Å². The topological polar surface area (TPSA) is 0 Å². The summed E-state index contributed by atoms with van der Waals surface area (Å²) in [4.78, 5) is 0. The van der Waals surface area contributed by atoms with E-state index in [0.29, 0.717) is 5.92 Å². The molecule has 0 aromatic heterocycles. The van der Waals surface area contributed by atoms with Gasteiger partial charge in [-0.25, -0.2) is 4.39 Å². The van der Waals surface area contributed by atoms with Crippen LogP contribution in [-0.4, -0.2) is 11.5 Å². The van der Waals surface area contributed by atoms with Crippen molar-refractivity contribution in [2.75, 3.05) is 11.5 Å². The molecule has 1 saturated heterocycles. The highest BCUT2D eigenvalue weighted by molar-refractivity contribution is 8.00. The summed E-state index contributed by atoms with van der Waals surface area (Å²) >= 11 is 7.59. The van der Waals surface area contributed by atoms with Gasteiger partial charge in [-0.05, 0) is 41.5 Å². The minimum Gasteiger partial charge on any atom is -0.205 e. The van der Waals surface area contributed by atoms with Crippen LogP contribution >= 0.6 is 23.4 Å². The molecule has 1 aromatic carbocycles. The minimum atomic E-state index is -0.346. The standard InChI is InChI=1S/C10H9ClFS/c11-9-4-7(1-2-10(9)12)3-8-5-13-6-8/h1-4,8H,5-6H2. The van der Waals surface area contributed by atoms with Crippen molar-refractivity contribution in [2.24, 2.45) is 5.92 Å². The van der Waals surface area contributed by atoms with E-state index in [1.54, 1.807) is 12.1 Å². The van der Waals surface area contributed by atoms with E-state index in [1.165, 1.54) is 17.6 Å². The summed E-state index contributed by atoms with van der Waals surface area (Å²) < 4.78 is 12.8. The fourth-order valence-corrected chi connectivity index (χ4v) is 2.13. The summed E-state index contributed by atoms with van der Waals surface area (Å²) in [5.41, 5.74) is 1.02. The van der Waals surface area contributed by atoms with Gasteiger partial charge in [0.2, 0.25) is 0 Å². The Kier molecular flexibility index (Phi) is 2.80. The maximum absolute atomic E-state index is 12.8. The number of hydrogen-bond acceptors (Lipinski definition) is 1. The predicted molar refractivity (Wildman–Crippen MR) is 55.6 cm³/mol. The molecule has 0 bridgehead atoms. The van der Waals surface area contributed by atoms with E-state index in [-0.39, 0.29) is 10.8 Å². The third kappa shape index (κ3) is 2.18. The summed E-state index contributed by atoms with van der Waals surface area (Å²) in [6.45, 7) is 0. The second kappa shape index (κ2) is 3.89. The van der Waals surface area contributed by atoms with Crippen LogP contribution in [0.3, 0.4) is 0 Å². The first-order chi connectivity index (χ1) is 6.25. The third-order valence-corrected chi connectivity index (χ3v) is 3.65. The molecule has 0 unspecified atom stereocenters. The number of hydrogen-bond donors (Lipinski definition) is 0. The van der Waals surface area contributed by atoms with Crippen LogP contribution in [0.5, 0.6) is 0 Å². The molecule has 1 aromatic rings. The Morgan fingerprint density at radius 1 is 1.46 bits per heavy atom. The van der Waals surface area contributed by atoms with E-state index < -0.39 is 0 Å². The Morgan fingerprint density at radius 2 is 2.23 bits per heavy atom. The summed E-state index contributed by atoms with van der Waals surface area (Å²) in [5.74, 6) is 2.65. The highest BCUT2D eigenvalue weighted by atomic mass is 35.5. The van der Waals surface area contributed by atoms with Crippen LogP contribution in [0, 0.1) is 18.2 Å². The monoisotopic (exact) mass is 215 g/mol. The van der Waals surface area contributed by atoms with Gasteiger partial charge in [0, 0.05) is 0 Å². The van der Waals surface area contributed by atoms with Gasteiger partial charge in [0.15, 0.2) is 0 Å². The van der Waals surface area contributed by atoms with Crippen LogP contribution in [0.4, 0.5) is 4.39 Å². The Morgan fingerprint density at radius 3 is 2.77 bits per heavy atom. The van der Waals surface area contributed by atoms with Crippen molar-refractivity contribution in [1.82, 2.24) is 0 Å². The van der Waals surface area contributed by atoms with E-state index in [2.05, 4.69) is 6.42 Å². The van der Waals surface area contributed by atoms with Gasteiger partial charge >= 0.3 is 0 Å². The van der Waals surface area contributed by atoms with E-state index in [0.717, 1.165) is 5.56 Å². The average molecular weight is 216 g/mol. The smallest absolute Gasteiger partial charge is 0.141 e. The first-order valence-corrected chi connectivity index (χ1v) is 5.66. The van der Waals surface area contributed by atoms with Gasteiger partial charge in [0.25, 0.3) is 0 Å². The molecule has 1 aliphatic heterocycles. The van der Waals surface area contributed by atoms with Crippen LogP contribution in [-0.2, 0) is 0 Å². The second-order valence-corrected chi connectivity index (χ2v) is 4.62. The molecule has 1 aliphatic rings. The van der Waals surface area contributed by atoms with E-state index >= 15 is 0 Å². The normalized spacial score (nSPS) is 17.1. The Labute approximate surface area is 86.5 Å². The molecule has 13 heavy (non-hydrogen) atoms. The van der Waals surface area contributed by atoms with Gasteiger partial charge in [-0.1, -0.05) is 17.7 Å². The summed E-state index contributed by atoms with van der Waals surface area (Å²) in [7, 11) is 0. The molecule has 0 N–H and O–H groups in total. The van der Waals surface area contributed by atoms with Gasteiger partial charge < -0.3 is 0 Å². The SMILES string of the molecule is Fc1ccc([CH]C2CSC2)cc1Cl. The number of benzene rings is 1. The van der Waals surface area contributed by atoms with E-state index in [1.807, 2.05) is 11.8 Å². The lowest BCUT2D eigenvalue weighted by Gasteiger charge is -2.24. The highest BCUT2D eigenvalue weighted by Crippen LogP contribution is 2.30. The molecule has 2 rings (SSSR count). The van der Waals surface area contributed by atoms with Crippen molar-refractivity contribution in [1.29, 1.82) is 0 Å². The minimum absolute atomic E-state index is 0.209. The summed E-state index contributed by atoms with van der Waals surface area (Å²) in [5, 5.41) is 0.209. The van der Waals surface area contributed by atoms with Crippen molar-refractivity contribution in [3.63, 3.8) is 0 Å². The largest absolute Gasteiger partial charge is 0.205 e. The van der Waals surface area contributed by atoms with Gasteiger partial charge in [-0.2, -0.15) is 11.8 Å². The average Bonchev–Trinajstić information content (AvgIpc) is 2.04. The van der Waals surface area contributed by atoms with E-state index in [4.69, 9.17) is 11.6 Å². The summed E-state index contributed by atoms with van der Waals surface area (Å²) in [6.07, 6.45) is 2.15. The first kappa shape index (κ1) is 9.35. The maximum Gasteiger partial charge on any atom is 0.141 e. The van der Waals surface area contributed by atoms with Crippen LogP contribution in [0.2, 0.25) is 5.02 Å². The molecular formula is C10H9ClFS. The van der Waals surface area contributed by atoms with Gasteiger partial charge in [0.1, 0.15) is 5.82 Å². The molecule has 0 nitrogen and oxygen atoms in total. The molecule has 69 valence electrons. The maximum atomic E-state index is 12.8. The van der Waals surface area contributed by atoms with Gasteiger partial charge in [-0.15, -0.1) is 0 Å². The van der Waals surface area contributed by atoms with Crippen LogP contribution in [0.15, 0.2) is 18.2 Å². The Bertz CT molecular complexity index is 310. The first-order valence-electron chi connectivity index (χ1n) is 4.13. The zero-order valence-corrected chi connectivity index (χ0v) is 8.54. The molecule has 0 atom stereocenters. The van der Waals surface area contributed by atoms with E-state index in [9.17, 15) is 4.39 Å². The molecule has 0 spiro atoms. The highest BCUT2D eigenvalue weighted by Gasteiger charge is 2.18. The molecular weight excluding hydrogens is 207 g/mol. The fourth-order valence-electron chi connectivity index (χ4n) is 1.24. The van der Waals surface area contributed by atoms with Gasteiger partial charge in [0.05, 0.1) is 5.02 Å². The summed E-state index contributed by atoms with van der Waals surface area (Å²) in [6, 6.07) is 4.87. The Balaban J connectivity index is 2.07. The fraction of sp³-hybridized carbons (Fsp3) is 0.300. The lowest BCUT2D eigenvalue weighted by molar-refractivity contribution is 0.627. The number of thioether (sulfide) groups is 1. The molecule has 1 fully saturated rings. The quantitative estimate of drug-likeness (QED) is 0.729. The third-order valence-electron chi connectivity index (χ3n) is 2.04. The van der Waals surface area contributed by atoms with Crippen molar-refractivity contribution in [2.45, 2.75) is 0 Å². The van der Waals surface area contributed by atoms with Crippen molar-refractivity contribution >= 4 is 23.4 Å². The van der Waals surface area contributed by atoms with Crippen molar-refractivity contribution < 1.29 is 4.39 Å². The van der Waals surface area contributed by atoms with Crippen LogP contribution in [0.1, 0.15) is 5.56 Å². The number of halogens is 2. The van der Waals surface area contributed by atoms with Crippen molar-refractivity contribution in [3.8, 4) is 0 Å². The second-order valence-electron chi connectivity index (χ2n) is 3.14. The molecule has 3 heteroatoms. The lowest BCUT2D eigenvalue weighted by Crippen LogP contribution is -2.18. The van der Waals surface area contributed by atoms with Crippen LogP contribution < -0.4 is 0 Å². The zero-order chi connectivity index (χ0) is 9.26. The number of rotatable bonds is 2. The molecule has 0 saturated carbocycles. The molecule has 0 aliphatic carbocycles. The predicted octanol–water partition coefficient (Wildman–Crippen LogP) is 3.39. The van der Waals surface area contributed by atoms with Crippen molar-refractivity contribution in [3.05, 3.63) is 41.0 Å². The molecule has 1 heterocycles. The molecule has 0 amide bonds.